The fourth-order valence-electron chi connectivity index (χ4n) is 3.70. The van der Waals surface area contributed by atoms with Crippen LogP contribution in [0.5, 0.6) is 0 Å². The van der Waals surface area contributed by atoms with Crippen molar-refractivity contribution in [2.45, 2.75) is 65.0 Å². The third kappa shape index (κ3) is 2.85. The van der Waals surface area contributed by atoms with E-state index >= 15 is 0 Å². The lowest BCUT2D eigenvalue weighted by molar-refractivity contribution is 0.0663. The Balaban J connectivity index is 1.90. The molecule has 0 bridgehead atoms. The SMILES string of the molecule is CCCC1(CN2CCC(NC)C(C)C2C)CC1. The quantitative estimate of drug-likeness (QED) is 0.792. The van der Waals surface area contributed by atoms with E-state index in [0.29, 0.717) is 0 Å². The van der Waals surface area contributed by atoms with Crippen molar-refractivity contribution < 1.29 is 0 Å². The van der Waals surface area contributed by atoms with Crippen LogP contribution in [0.15, 0.2) is 0 Å². The zero-order chi connectivity index (χ0) is 12.5. The van der Waals surface area contributed by atoms with Gasteiger partial charge in [-0.2, -0.15) is 0 Å². The lowest BCUT2D eigenvalue weighted by Gasteiger charge is -2.44. The highest BCUT2D eigenvalue weighted by Crippen LogP contribution is 2.50. The Morgan fingerprint density at radius 2 is 2.00 bits per heavy atom. The molecule has 3 atom stereocenters. The van der Waals surface area contributed by atoms with Crippen LogP contribution in [0.1, 0.15) is 52.9 Å². The summed E-state index contributed by atoms with van der Waals surface area (Å²) >= 11 is 0. The van der Waals surface area contributed by atoms with E-state index in [9.17, 15) is 0 Å². The molecule has 1 saturated carbocycles. The molecule has 0 spiro atoms. The van der Waals surface area contributed by atoms with E-state index in [2.05, 4.69) is 38.0 Å². The van der Waals surface area contributed by atoms with Crippen LogP contribution in [-0.4, -0.2) is 37.1 Å². The van der Waals surface area contributed by atoms with Crippen LogP contribution >= 0.6 is 0 Å². The summed E-state index contributed by atoms with van der Waals surface area (Å²) in [5.41, 5.74) is 0.717. The first-order valence-electron chi connectivity index (χ1n) is 7.53. The van der Waals surface area contributed by atoms with E-state index in [4.69, 9.17) is 0 Å². The number of nitrogens with one attached hydrogen (secondary N) is 1. The standard InChI is InChI=1S/C15H30N2/c1-5-7-15(8-9-15)11-17-10-6-14(16-4)12(2)13(17)3/h12-14,16H,5-11H2,1-4H3. The zero-order valence-corrected chi connectivity index (χ0v) is 12.1. The number of likely N-dealkylation sites (tertiary alicyclic amines) is 1. The molecule has 2 aliphatic rings. The van der Waals surface area contributed by atoms with Crippen LogP contribution in [-0.2, 0) is 0 Å². The molecule has 0 radical (unpaired) electrons. The third-order valence-corrected chi connectivity index (χ3v) is 5.35. The van der Waals surface area contributed by atoms with Gasteiger partial charge in [-0.1, -0.05) is 20.3 Å². The number of rotatable bonds is 5. The summed E-state index contributed by atoms with van der Waals surface area (Å²) in [5, 5.41) is 3.48. The van der Waals surface area contributed by atoms with Gasteiger partial charge in [-0.25, -0.2) is 0 Å². The van der Waals surface area contributed by atoms with Gasteiger partial charge in [-0.05, 0) is 57.5 Å². The van der Waals surface area contributed by atoms with Gasteiger partial charge in [0, 0.05) is 18.6 Å². The summed E-state index contributed by atoms with van der Waals surface area (Å²) in [6, 6.07) is 1.47. The van der Waals surface area contributed by atoms with Crippen molar-refractivity contribution in [1.82, 2.24) is 10.2 Å². The molecule has 100 valence electrons. The molecule has 0 aromatic rings. The van der Waals surface area contributed by atoms with Crippen LogP contribution in [0.4, 0.5) is 0 Å². The molecule has 0 aromatic heterocycles. The maximum atomic E-state index is 3.48. The highest BCUT2D eigenvalue weighted by atomic mass is 15.2. The average Bonchev–Trinajstić information content (AvgIpc) is 3.06. The van der Waals surface area contributed by atoms with Gasteiger partial charge in [0.15, 0.2) is 0 Å². The molecule has 2 nitrogen and oxygen atoms in total. The Labute approximate surface area is 107 Å². The van der Waals surface area contributed by atoms with Crippen molar-refractivity contribution >= 4 is 0 Å². The largest absolute Gasteiger partial charge is 0.317 e. The van der Waals surface area contributed by atoms with Crippen molar-refractivity contribution in [1.29, 1.82) is 0 Å². The molecule has 2 rings (SSSR count). The molecule has 1 saturated heterocycles. The number of hydrogen-bond acceptors (Lipinski definition) is 2. The Morgan fingerprint density at radius 3 is 2.53 bits per heavy atom. The molecule has 2 fully saturated rings. The Bertz CT molecular complexity index is 247. The molecule has 1 aliphatic heterocycles. The minimum atomic E-state index is 0.717. The van der Waals surface area contributed by atoms with Crippen molar-refractivity contribution in [3.8, 4) is 0 Å². The van der Waals surface area contributed by atoms with Crippen molar-refractivity contribution in [2.24, 2.45) is 11.3 Å². The molecule has 0 amide bonds. The van der Waals surface area contributed by atoms with Crippen LogP contribution in [0, 0.1) is 11.3 Å². The number of piperidine rings is 1. The van der Waals surface area contributed by atoms with Crippen LogP contribution < -0.4 is 5.32 Å². The minimum Gasteiger partial charge on any atom is -0.317 e. The second-order valence-electron chi connectivity index (χ2n) is 6.50. The van der Waals surface area contributed by atoms with Gasteiger partial charge in [-0.3, -0.25) is 4.90 Å². The van der Waals surface area contributed by atoms with Gasteiger partial charge in [0.2, 0.25) is 0 Å². The minimum absolute atomic E-state index is 0.717. The Kier molecular flexibility index (Phi) is 4.14. The first-order valence-corrected chi connectivity index (χ1v) is 7.53. The molecule has 0 aromatic carbocycles. The molecule has 3 unspecified atom stereocenters. The van der Waals surface area contributed by atoms with E-state index in [1.807, 2.05) is 0 Å². The van der Waals surface area contributed by atoms with Gasteiger partial charge in [0.25, 0.3) is 0 Å². The van der Waals surface area contributed by atoms with Gasteiger partial charge in [0.05, 0.1) is 0 Å². The summed E-state index contributed by atoms with van der Waals surface area (Å²) in [5.74, 6) is 0.783. The van der Waals surface area contributed by atoms with Crippen LogP contribution in [0.2, 0.25) is 0 Å². The zero-order valence-electron chi connectivity index (χ0n) is 12.1. The second kappa shape index (κ2) is 5.27. The summed E-state index contributed by atoms with van der Waals surface area (Å²) in [7, 11) is 2.11. The maximum Gasteiger partial charge on any atom is 0.0117 e. The summed E-state index contributed by atoms with van der Waals surface area (Å²) in [6.07, 6.45) is 7.09. The Hall–Kier alpha value is -0.0800. The molecule has 17 heavy (non-hydrogen) atoms. The van der Waals surface area contributed by atoms with E-state index in [-0.39, 0.29) is 0 Å². The molecule has 1 N–H and O–H groups in total. The Morgan fingerprint density at radius 1 is 1.29 bits per heavy atom. The smallest absolute Gasteiger partial charge is 0.0117 e. The predicted octanol–water partition coefficient (Wildman–Crippen LogP) is 2.89. The fourth-order valence-corrected chi connectivity index (χ4v) is 3.70. The normalized spacial score (nSPS) is 37.1. The molecule has 1 aliphatic carbocycles. The van der Waals surface area contributed by atoms with Gasteiger partial charge in [0.1, 0.15) is 0 Å². The van der Waals surface area contributed by atoms with Crippen molar-refractivity contribution in [2.75, 3.05) is 20.1 Å². The topological polar surface area (TPSA) is 15.3 Å². The first kappa shape index (κ1) is 13.4. The first-order chi connectivity index (χ1) is 8.12. The molecule has 1 heterocycles. The summed E-state index contributed by atoms with van der Waals surface area (Å²) < 4.78 is 0. The number of hydrogen-bond donors (Lipinski definition) is 1. The highest BCUT2D eigenvalue weighted by Gasteiger charge is 2.44. The fraction of sp³-hybridized carbons (Fsp3) is 1.00. The summed E-state index contributed by atoms with van der Waals surface area (Å²) in [6.45, 7) is 9.83. The van der Waals surface area contributed by atoms with E-state index < -0.39 is 0 Å². The second-order valence-corrected chi connectivity index (χ2v) is 6.50. The third-order valence-electron chi connectivity index (χ3n) is 5.35. The van der Waals surface area contributed by atoms with Crippen molar-refractivity contribution in [3.05, 3.63) is 0 Å². The predicted molar refractivity (Wildman–Crippen MR) is 74.2 cm³/mol. The molecular weight excluding hydrogens is 208 g/mol. The van der Waals surface area contributed by atoms with Crippen molar-refractivity contribution in [3.63, 3.8) is 0 Å². The van der Waals surface area contributed by atoms with E-state index in [0.717, 1.165) is 23.4 Å². The van der Waals surface area contributed by atoms with E-state index in [1.165, 1.54) is 45.2 Å². The molecular formula is C15H30N2. The van der Waals surface area contributed by atoms with Crippen LogP contribution in [0.3, 0.4) is 0 Å². The van der Waals surface area contributed by atoms with Gasteiger partial charge in [-0.15, -0.1) is 0 Å². The summed E-state index contributed by atoms with van der Waals surface area (Å²) in [4.78, 5) is 2.77. The monoisotopic (exact) mass is 238 g/mol. The lowest BCUT2D eigenvalue weighted by atomic mass is 9.86. The van der Waals surface area contributed by atoms with Gasteiger partial charge < -0.3 is 5.32 Å². The van der Waals surface area contributed by atoms with Crippen LogP contribution in [0.25, 0.3) is 0 Å². The lowest BCUT2D eigenvalue weighted by Crippen LogP contribution is -2.53. The maximum absolute atomic E-state index is 3.48. The highest BCUT2D eigenvalue weighted by molar-refractivity contribution is 4.98. The van der Waals surface area contributed by atoms with Gasteiger partial charge >= 0.3 is 0 Å². The number of nitrogens with zero attached hydrogens (tertiary/aromatic N) is 1. The molecule has 2 heteroatoms. The van der Waals surface area contributed by atoms with E-state index in [1.54, 1.807) is 0 Å². The average molecular weight is 238 g/mol.